The van der Waals surface area contributed by atoms with Crippen molar-refractivity contribution >= 4 is 39.0 Å². The molecule has 0 aliphatic carbocycles. The number of aromatic amines is 1. The third-order valence-electron chi connectivity index (χ3n) is 4.32. The third kappa shape index (κ3) is 2.60. The maximum Gasteiger partial charge on any atom is 0.307 e. The van der Waals surface area contributed by atoms with Crippen molar-refractivity contribution in [2.24, 2.45) is 0 Å². The molecule has 4 aromatic heterocycles. The van der Waals surface area contributed by atoms with Gasteiger partial charge in [-0.3, -0.25) is 20.2 Å². The Morgan fingerprint density at radius 1 is 1.14 bits per heavy atom. The van der Waals surface area contributed by atoms with Crippen LogP contribution in [0.4, 0.5) is 17.2 Å². The van der Waals surface area contributed by atoms with E-state index in [0.29, 0.717) is 11.6 Å². The molecule has 0 aliphatic heterocycles. The van der Waals surface area contributed by atoms with E-state index in [0.717, 1.165) is 27.5 Å². The first-order chi connectivity index (χ1) is 13.7. The highest BCUT2D eigenvalue weighted by atomic mass is 16.6. The van der Waals surface area contributed by atoms with Crippen LogP contribution < -0.4 is 5.32 Å². The first kappa shape index (κ1) is 15.9. The minimum atomic E-state index is -0.487. The Morgan fingerprint density at radius 2 is 2.07 bits per heavy atom. The Labute approximate surface area is 157 Å². The molecule has 5 aromatic rings. The van der Waals surface area contributed by atoms with Crippen LogP contribution in [-0.2, 0) is 0 Å². The Morgan fingerprint density at radius 3 is 2.93 bits per heavy atom. The molecule has 10 heteroatoms. The van der Waals surface area contributed by atoms with E-state index < -0.39 is 4.92 Å². The summed E-state index contributed by atoms with van der Waals surface area (Å²) in [7, 11) is 0. The molecule has 0 bridgehead atoms. The highest BCUT2D eigenvalue weighted by Gasteiger charge is 2.13. The molecule has 0 radical (unpaired) electrons. The summed E-state index contributed by atoms with van der Waals surface area (Å²) in [6, 6.07) is 11.3. The molecule has 10 nitrogen and oxygen atoms in total. The van der Waals surface area contributed by atoms with Crippen molar-refractivity contribution in [3.05, 3.63) is 71.3 Å². The number of nitrogens with zero attached hydrogens (tertiary/aromatic N) is 6. The lowest BCUT2D eigenvalue weighted by atomic mass is 10.1. The molecule has 5 rings (SSSR count). The first-order valence-corrected chi connectivity index (χ1v) is 8.33. The van der Waals surface area contributed by atoms with Gasteiger partial charge in [0.05, 0.1) is 10.4 Å². The Bertz CT molecular complexity index is 1340. The largest absolute Gasteiger partial charge is 0.337 e. The maximum absolute atomic E-state index is 10.9. The molecular weight excluding hydrogens is 360 g/mol. The van der Waals surface area contributed by atoms with Crippen LogP contribution in [0.25, 0.3) is 27.6 Å². The van der Waals surface area contributed by atoms with Gasteiger partial charge in [-0.15, -0.1) is 0 Å². The third-order valence-corrected chi connectivity index (χ3v) is 4.32. The second-order valence-corrected chi connectivity index (χ2v) is 6.07. The van der Waals surface area contributed by atoms with Gasteiger partial charge >= 0.3 is 5.69 Å². The molecule has 136 valence electrons. The van der Waals surface area contributed by atoms with E-state index in [1.165, 1.54) is 17.1 Å². The number of nitrogens with one attached hydrogen (secondary N) is 2. The summed E-state index contributed by atoms with van der Waals surface area (Å²) in [6.45, 7) is 0. The average Bonchev–Trinajstić information content (AvgIpc) is 3.35. The number of rotatable bonds is 4. The van der Waals surface area contributed by atoms with Crippen LogP contribution >= 0.6 is 0 Å². The van der Waals surface area contributed by atoms with Crippen LogP contribution in [0.1, 0.15) is 0 Å². The second-order valence-electron chi connectivity index (χ2n) is 6.07. The molecule has 0 aliphatic rings. The fraction of sp³-hybridized carbons (Fsp3) is 0. The highest BCUT2D eigenvalue weighted by Crippen LogP contribution is 2.27. The van der Waals surface area contributed by atoms with Crippen molar-refractivity contribution in [3.63, 3.8) is 0 Å². The Hall–Kier alpha value is -4.34. The summed E-state index contributed by atoms with van der Waals surface area (Å²) in [5, 5.41) is 27.1. The number of fused-ring (bicyclic) bond motifs is 2. The predicted octanol–water partition coefficient (Wildman–Crippen LogP) is 3.34. The van der Waals surface area contributed by atoms with E-state index in [-0.39, 0.29) is 5.69 Å². The topological polar surface area (TPSA) is 127 Å². The van der Waals surface area contributed by atoms with Crippen molar-refractivity contribution in [1.82, 2.24) is 29.9 Å². The summed E-state index contributed by atoms with van der Waals surface area (Å²) in [6.07, 6.45) is 5.90. The molecule has 0 fully saturated rings. The van der Waals surface area contributed by atoms with Crippen LogP contribution in [0.3, 0.4) is 0 Å². The normalized spacial score (nSPS) is 11.1. The Balaban J connectivity index is 1.54. The van der Waals surface area contributed by atoms with E-state index >= 15 is 0 Å². The van der Waals surface area contributed by atoms with E-state index in [1.807, 2.05) is 36.4 Å². The van der Waals surface area contributed by atoms with Crippen LogP contribution in [0.2, 0.25) is 0 Å². The van der Waals surface area contributed by atoms with Crippen molar-refractivity contribution in [2.45, 2.75) is 0 Å². The fourth-order valence-electron chi connectivity index (χ4n) is 3.02. The summed E-state index contributed by atoms with van der Waals surface area (Å²) in [5.41, 5.74) is 2.34. The lowest BCUT2D eigenvalue weighted by Gasteiger charge is -2.08. The van der Waals surface area contributed by atoms with Crippen molar-refractivity contribution in [2.75, 3.05) is 5.32 Å². The van der Waals surface area contributed by atoms with Crippen LogP contribution in [-0.4, -0.2) is 34.9 Å². The minimum Gasteiger partial charge on any atom is -0.337 e. The quantitative estimate of drug-likeness (QED) is 0.366. The van der Waals surface area contributed by atoms with Crippen molar-refractivity contribution in [1.29, 1.82) is 0 Å². The zero-order valence-corrected chi connectivity index (χ0v) is 14.3. The fourth-order valence-corrected chi connectivity index (χ4v) is 3.02. The minimum absolute atomic E-state index is 0.0880. The standard InChI is InChI=1S/C18H12N8O2/c27-26(28)13-9-21-25(10-13)18-14-4-3-12(8-11(14)5-7-20-18)22-17-16-15(23-24-17)2-1-6-19-16/h1-10H,(H2,22,23,24). The molecule has 0 saturated carbocycles. The smallest absolute Gasteiger partial charge is 0.307 e. The van der Waals surface area contributed by atoms with E-state index in [1.54, 1.807) is 12.4 Å². The van der Waals surface area contributed by atoms with Crippen LogP contribution in [0.15, 0.2) is 61.2 Å². The van der Waals surface area contributed by atoms with Gasteiger partial charge in [0.15, 0.2) is 11.6 Å². The molecule has 0 spiro atoms. The zero-order valence-electron chi connectivity index (χ0n) is 14.3. The summed E-state index contributed by atoms with van der Waals surface area (Å²) >= 11 is 0. The summed E-state index contributed by atoms with van der Waals surface area (Å²) < 4.78 is 1.40. The van der Waals surface area contributed by atoms with Gasteiger partial charge in [0.25, 0.3) is 0 Å². The number of hydrogen-bond donors (Lipinski definition) is 2. The number of anilines is 2. The lowest BCUT2D eigenvalue weighted by molar-refractivity contribution is -0.384. The monoisotopic (exact) mass is 372 g/mol. The van der Waals surface area contributed by atoms with Crippen molar-refractivity contribution in [3.8, 4) is 5.82 Å². The molecule has 1 aromatic carbocycles. The van der Waals surface area contributed by atoms with E-state index in [9.17, 15) is 10.1 Å². The van der Waals surface area contributed by atoms with Gasteiger partial charge in [0.1, 0.15) is 17.9 Å². The molecule has 4 heterocycles. The predicted molar refractivity (Wildman–Crippen MR) is 103 cm³/mol. The van der Waals surface area contributed by atoms with E-state index in [2.05, 4.69) is 30.6 Å². The summed E-state index contributed by atoms with van der Waals surface area (Å²) in [5.74, 6) is 1.15. The second kappa shape index (κ2) is 6.13. The van der Waals surface area contributed by atoms with E-state index in [4.69, 9.17) is 0 Å². The molecular formula is C18H12N8O2. The van der Waals surface area contributed by atoms with Crippen molar-refractivity contribution < 1.29 is 4.92 Å². The van der Waals surface area contributed by atoms with Crippen LogP contribution in [0, 0.1) is 10.1 Å². The number of hydrogen-bond acceptors (Lipinski definition) is 7. The van der Waals surface area contributed by atoms with Crippen LogP contribution in [0.5, 0.6) is 0 Å². The lowest BCUT2D eigenvalue weighted by Crippen LogP contribution is -1.99. The SMILES string of the molecule is O=[N+]([O-])c1cnn(-c2nccc3cc(Nc4n[nH]c5cccnc45)ccc23)c1. The average molecular weight is 372 g/mol. The highest BCUT2D eigenvalue weighted by molar-refractivity contribution is 5.93. The number of H-pyrrole nitrogens is 1. The number of pyridine rings is 2. The number of aromatic nitrogens is 6. The molecule has 0 amide bonds. The Kier molecular flexibility index (Phi) is 3.47. The molecule has 0 saturated heterocycles. The van der Waals surface area contributed by atoms with Gasteiger partial charge in [-0.05, 0) is 41.8 Å². The molecule has 2 N–H and O–H groups in total. The summed E-state index contributed by atoms with van der Waals surface area (Å²) in [4.78, 5) is 19.1. The number of benzene rings is 1. The molecule has 28 heavy (non-hydrogen) atoms. The first-order valence-electron chi connectivity index (χ1n) is 8.33. The number of nitro groups is 1. The van der Waals surface area contributed by atoms with Gasteiger partial charge in [-0.25, -0.2) is 9.67 Å². The van der Waals surface area contributed by atoms with Gasteiger partial charge in [0.2, 0.25) is 0 Å². The van der Waals surface area contributed by atoms with Gasteiger partial charge in [0, 0.05) is 23.5 Å². The molecule has 0 unspecified atom stereocenters. The molecule has 0 atom stereocenters. The van der Waals surface area contributed by atoms with Gasteiger partial charge in [-0.2, -0.15) is 10.2 Å². The van der Waals surface area contributed by atoms with Gasteiger partial charge in [-0.1, -0.05) is 0 Å². The zero-order chi connectivity index (χ0) is 19.1. The van der Waals surface area contributed by atoms with Gasteiger partial charge < -0.3 is 5.32 Å². The maximum atomic E-state index is 10.9.